The summed E-state index contributed by atoms with van der Waals surface area (Å²) in [5.74, 6) is -1.04. The van der Waals surface area contributed by atoms with Crippen LogP contribution >= 0.6 is 22.6 Å². The fourth-order valence-electron chi connectivity index (χ4n) is 3.37. The molecule has 172 valence electrons. The number of carbonyl (C=O) groups excluding carboxylic acids is 1. The number of hydrazone groups is 1. The van der Waals surface area contributed by atoms with E-state index in [-0.39, 0.29) is 23.4 Å². The Balaban J connectivity index is 2.22. The van der Waals surface area contributed by atoms with E-state index >= 15 is 0 Å². The van der Waals surface area contributed by atoms with Crippen molar-refractivity contribution in [3.8, 4) is 5.88 Å². The van der Waals surface area contributed by atoms with Crippen LogP contribution in [0.2, 0.25) is 0 Å². The van der Waals surface area contributed by atoms with Crippen molar-refractivity contribution in [2.45, 2.75) is 25.8 Å². The van der Waals surface area contributed by atoms with Gasteiger partial charge in [-0.1, -0.05) is 29.5 Å². The maximum Gasteiger partial charge on any atom is 0.256 e. The minimum atomic E-state index is -0.536. The summed E-state index contributed by atoms with van der Waals surface area (Å²) in [6.07, 6.45) is 4.74. The number of pyridine rings is 1. The molecule has 1 aromatic heterocycles. The number of benzene rings is 1. The van der Waals surface area contributed by atoms with Crippen LogP contribution in [0.1, 0.15) is 30.1 Å². The van der Waals surface area contributed by atoms with E-state index in [4.69, 9.17) is 10.1 Å². The van der Waals surface area contributed by atoms with Crippen molar-refractivity contribution >= 4 is 46.6 Å². The Morgan fingerprint density at radius 2 is 2.09 bits per heavy atom. The second-order valence-corrected chi connectivity index (χ2v) is 8.08. The number of nitrogens with one attached hydrogen (secondary N) is 2. The van der Waals surface area contributed by atoms with Crippen LogP contribution < -0.4 is 10.2 Å². The molecular weight excluding hydrogens is 531 g/mol. The second-order valence-electron chi connectivity index (χ2n) is 7.00. The van der Waals surface area contributed by atoms with Gasteiger partial charge in [0.05, 0.1) is 30.3 Å². The van der Waals surface area contributed by atoms with E-state index in [1.54, 1.807) is 11.9 Å². The molecule has 0 spiro atoms. The Morgan fingerprint density at radius 1 is 1.34 bits per heavy atom. The number of halogens is 3. The summed E-state index contributed by atoms with van der Waals surface area (Å²) in [5, 5.41) is 10.8. The number of rotatable bonds is 12. The third kappa shape index (κ3) is 7.21. The molecule has 0 aliphatic carbocycles. The van der Waals surface area contributed by atoms with E-state index in [0.717, 1.165) is 23.3 Å². The molecule has 0 bridgehead atoms. The van der Waals surface area contributed by atoms with Gasteiger partial charge in [-0.3, -0.25) is 10.2 Å². The van der Waals surface area contributed by atoms with Crippen molar-refractivity contribution in [2.24, 2.45) is 11.0 Å². The second kappa shape index (κ2) is 13.0. The van der Waals surface area contributed by atoms with E-state index in [1.165, 1.54) is 36.5 Å². The Kier molecular flexibility index (Phi) is 10.4. The SMILES string of the molecule is CCC([C@H](CCI)COc1ccc(F)cn1)N(C)C(=O)c1cc(F)ccc1N/N=C\C=N. The average molecular weight is 557 g/mol. The lowest BCUT2D eigenvalue weighted by atomic mass is 9.93. The van der Waals surface area contributed by atoms with Crippen molar-refractivity contribution in [2.75, 3.05) is 23.5 Å². The lowest BCUT2D eigenvalue weighted by Crippen LogP contribution is -2.44. The van der Waals surface area contributed by atoms with Crippen LogP contribution in [0.5, 0.6) is 5.88 Å². The summed E-state index contributed by atoms with van der Waals surface area (Å²) < 4.78 is 33.6. The molecule has 2 aromatic rings. The molecule has 0 saturated heterocycles. The molecule has 1 unspecified atom stereocenters. The average Bonchev–Trinajstić information content (AvgIpc) is 2.79. The molecule has 0 saturated carbocycles. The van der Waals surface area contributed by atoms with Gasteiger partial charge in [-0.2, -0.15) is 5.10 Å². The minimum absolute atomic E-state index is 0.0152. The third-order valence-corrected chi connectivity index (χ3v) is 5.57. The first-order valence-corrected chi connectivity index (χ1v) is 11.6. The molecule has 2 N–H and O–H groups in total. The van der Waals surface area contributed by atoms with Crippen molar-refractivity contribution in [3.63, 3.8) is 0 Å². The summed E-state index contributed by atoms with van der Waals surface area (Å²) in [6, 6.07) is 6.40. The number of amides is 1. The van der Waals surface area contributed by atoms with E-state index in [0.29, 0.717) is 24.6 Å². The van der Waals surface area contributed by atoms with Crippen molar-refractivity contribution in [3.05, 3.63) is 53.7 Å². The fourth-order valence-corrected chi connectivity index (χ4v) is 4.17. The number of hydrogen-bond donors (Lipinski definition) is 2. The molecule has 32 heavy (non-hydrogen) atoms. The Morgan fingerprint density at radius 3 is 2.72 bits per heavy atom. The number of nitrogens with zero attached hydrogens (tertiary/aromatic N) is 3. The van der Waals surface area contributed by atoms with Crippen LogP contribution in [0.15, 0.2) is 41.6 Å². The van der Waals surface area contributed by atoms with Crippen LogP contribution in [0, 0.1) is 23.0 Å². The zero-order valence-electron chi connectivity index (χ0n) is 17.9. The first kappa shape index (κ1) is 25.6. The molecular formula is C22H26F2IN5O2. The molecule has 7 nitrogen and oxygen atoms in total. The largest absolute Gasteiger partial charge is 0.477 e. The van der Waals surface area contributed by atoms with E-state index in [2.05, 4.69) is 38.1 Å². The molecule has 0 radical (unpaired) electrons. The highest BCUT2D eigenvalue weighted by Crippen LogP contribution is 2.25. The normalized spacial score (nSPS) is 12.9. The highest BCUT2D eigenvalue weighted by atomic mass is 127. The number of ether oxygens (including phenoxy) is 1. The fraction of sp³-hybridized carbons (Fsp3) is 0.364. The quantitative estimate of drug-likeness (QED) is 0.170. The van der Waals surface area contributed by atoms with Gasteiger partial charge in [-0.25, -0.2) is 13.8 Å². The number of alkyl halides is 1. The van der Waals surface area contributed by atoms with Gasteiger partial charge in [-0.05, 0) is 41.5 Å². The molecule has 1 heterocycles. The highest BCUT2D eigenvalue weighted by molar-refractivity contribution is 14.1. The molecule has 2 atom stereocenters. The molecule has 0 fully saturated rings. The molecule has 1 aromatic carbocycles. The minimum Gasteiger partial charge on any atom is -0.477 e. The van der Waals surface area contributed by atoms with Crippen LogP contribution in [-0.4, -0.2) is 52.3 Å². The van der Waals surface area contributed by atoms with Gasteiger partial charge in [0.15, 0.2) is 0 Å². The smallest absolute Gasteiger partial charge is 0.256 e. The number of anilines is 1. The van der Waals surface area contributed by atoms with Gasteiger partial charge in [0.25, 0.3) is 5.91 Å². The third-order valence-electron chi connectivity index (χ3n) is 4.95. The number of aromatic nitrogens is 1. The van der Waals surface area contributed by atoms with Crippen LogP contribution in [0.3, 0.4) is 0 Å². The monoisotopic (exact) mass is 557 g/mol. The lowest BCUT2D eigenvalue weighted by molar-refractivity contribution is 0.0613. The predicted molar refractivity (Wildman–Crippen MR) is 130 cm³/mol. The Labute approximate surface area is 199 Å². The van der Waals surface area contributed by atoms with Gasteiger partial charge in [0.1, 0.15) is 11.6 Å². The van der Waals surface area contributed by atoms with Crippen molar-refractivity contribution in [1.82, 2.24) is 9.88 Å². The molecule has 2 rings (SSSR count). The van der Waals surface area contributed by atoms with E-state index < -0.39 is 11.6 Å². The van der Waals surface area contributed by atoms with Crippen LogP contribution in [0.25, 0.3) is 0 Å². The van der Waals surface area contributed by atoms with E-state index in [9.17, 15) is 13.6 Å². The molecule has 1 amide bonds. The van der Waals surface area contributed by atoms with Crippen LogP contribution in [0.4, 0.5) is 14.5 Å². The Hall–Kier alpha value is -2.63. The molecule has 0 aliphatic rings. The lowest BCUT2D eigenvalue weighted by Gasteiger charge is -2.34. The first-order chi connectivity index (χ1) is 15.4. The van der Waals surface area contributed by atoms with Gasteiger partial charge >= 0.3 is 0 Å². The highest BCUT2D eigenvalue weighted by Gasteiger charge is 2.29. The first-order valence-electron chi connectivity index (χ1n) is 10.1. The maximum atomic E-state index is 13.9. The van der Waals surface area contributed by atoms with Gasteiger partial charge < -0.3 is 15.0 Å². The van der Waals surface area contributed by atoms with Gasteiger partial charge in [-0.15, -0.1) is 0 Å². The summed E-state index contributed by atoms with van der Waals surface area (Å²) in [7, 11) is 1.68. The van der Waals surface area contributed by atoms with Gasteiger partial charge in [0.2, 0.25) is 5.88 Å². The van der Waals surface area contributed by atoms with Crippen LogP contribution in [-0.2, 0) is 0 Å². The van der Waals surface area contributed by atoms with Crippen molar-refractivity contribution in [1.29, 1.82) is 5.41 Å². The zero-order chi connectivity index (χ0) is 23.5. The Bertz CT molecular complexity index is 927. The number of hydrogen-bond acceptors (Lipinski definition) is 6. The molecule has 0 aliphatic heterocycles. The maximum absolute atomic E-state index is 13.9. The molecule has 10 heteroatoms. The van der Waals surface area contributed by atoms with Gasteiger partial charge in [0, 0.05) is 31.3 Å². The summed E-state index contributed by atoms with van der Waals surface area (Å²) in [5.41, 5.74) is 3.16. The summed E-state index contributed by atoms with van der Waals surface area (Å²) in [4.78, 5) is 18.8. The standard InChI is InChI=1S/C22H26F2IN5O2/c1-3-20(15(8-9-25)14-32-21-7-5-17(24)13-27-21)30(2)22(31)18-12-16(23)4-6-19(18)29-28-11-10-26/h4-7,10-13,15,20,26,29H,3,8-9,14H2,1-2H3/b26-10?,28-11-/t15-,20?/m1/s1. The topological polar surface area (TPSA) is 90.7 Å². The number of carbonyl (C=O) groups is 1. The zero-order valence-corrected chi connectivity index (χ0v) is 20.1. The summed E-state index contributed by atoms with van der Waals surface area (Å²) >= 11 is 2.27. The van der Waals surface area contributed by atoms with E-state index in [1.807, 2.05) is 6.92 Å². The van der Waals surface area contributed by atoms with Crippen molar-refractivity contribution < 1.29 is 18.3 Å². The predicted octanol–water partition coefficient (Wildman–Crippen LogP) is 4.78. The summed E-state index contributed by atoms with van der Waals surface area (Å²) in [6.45, 7) is 2.28.